The van der Waals surface area contributed by atoms with Crippen LogP contribution in [0.25, 0.3) is 21.7 Å². The molecule has 0 unspecified atom stereocenters. The minimum Gasteiger partial charge on any atom is -0.496 e. The van der Waals surface area contributed by atoms with Gasteiger partial charge in [-0.3, -0.25) is 9.78 Å². The molecule has 0 N–H and O–H groups in total. The molecule has 140 valence electrons. The van der Waals surface area contributed by atoms with Gasteiger partial charge in [0.05, 0.1) is 18.2 Å². The first-order chi connectivity index (χ1) is 13.6. The van der Waals surface area contributed by atoms with Gasteiger partial charge in [0.25, 0.3) is 5.91 Å². The third-order valence-corrected chi connectivity index (χ3v) is 5.08. The van der Waals surface area contributed by atoms with Crippen LogP contribution in [0.5, 0.6) is 5.75 Å². The van der Waals surface area contributed by atoms with Gasteiger partial charge in [0.1, 0.15) is 5.75 Å². The summed E-state index contributed by atoms with van der Waals surface area (Å²) in [5, 5.41) is 3.67. The van der Waals surface area contributed by atoms with E-state index in [1.807, 2.05) is 54.6 Å². The first-order valence-corrected chi connectivity index (χ1v) is 9.30. The van der Waals surface area contributed by atoms with Crippen LogP contribution in [-0.2, 0) is 6.54 Å². The van der Waals surface area contributed by atoms with E-state index in [9.17, 15) is 4.79 Å². The molecule has 0 bridgehead atoms. The van der Waals surface area contributed by atoms with Gasteiger partial charge in [-0.2, -0.15) is 0 Å². The Morgan fingerprint density at radius 2 is 1.86 bits per heavy atom. The molecule has 0 saturated carbocycles. The Morgan fingerprint density at radius 1 is 1.07 bits per heavy atom. The zero-order valence-corrected chi connectivity index (χ0v) is 16.4. The second-order valence-electron chi connectivity index (χ2n) is 6.66. The molecule has 0 aliphatic rings. The van der Waals surface area contributed by atoms with Crippen molar-refractivity contribution in [3.05, 3.63) is 83.0 Å². The van der Waals surface area contributed by atoms with E-state index in [0.29, 0.717) is 28.4 Å². The molecule has 0 fully saturated rings. The quantitative estimate of drug-likeness (QED) is 0.443. The van der Waals surface area contributed by atoms with Gasteiger partial charge in [-0.25, -0.2) is 0 Å². The number of rotatable bonds is 4. The summed E-state index contributed by atoms with van der Waals surface area (Å²) in [5.41, 5.74) is 2.14. The van der Waals surface area contributed by atoms with Crippen molar-refractivity contribution in [3.8, 4) is 5.75 Å². The molecule has 5 heteroatoms. The summed E-state index contributed by atoms with van der Waals surface area (Å²) in [5.74, 6) is 0.599. The standard InChI is InChI=1S/C23H19ClN2O2/c1-26(14-16-12-17(24)9-10-21(16)28-2)23(27)20-13-15-6-3-4-7-18(15)19-8-5-11-25-22(19)20/h3-13H,14H2,1-2H3. The van der Waals surface area contributed by atoms with E-state index < -0.39 is 0 Å². The molecule has 0 spiro atoms. The van der Waals surface area contributed by atoms with E-state index in [1.165, 1.54) is 0 Å². The van der Waals surface area contributed by atoms with Gasteiger partial charge >= 0.3 is 0 Å². The average molecular weight is 391 g/mol. The van der Waals surface area contributed by atoms with Crippen molar-refractivity contribution < 1.29 is 9.53 Å². The molecule has 0 aliphatic carbocycles. The van der Waals surface area contributed by atoms with Crippen LogP contribution in [0.1, 0.15) is 15.9 Å². The Balaban J connectivity index is 1.77. The number of hydrogen-bond donors (Lipinski definition) is 0. The highest BCUT2D eigenvalue weighted by Gasteiger charge is 2.19. The summed E-state index contributed by atoms with van der Waals surface area (Å²) < 4.78 is 5.41. The van der Waals surface area contributed by atoms with Crippen molar-refractivity contribution in [2.45, 2.75) is 6.54 Å². The molecule has 1 heterocycles. The number of aromatic nitrogens is 1. The lowest BCUT2D eigenvalue weighted by atomic mass is 10.00. The fraction of sp³-hybridized carbons (Fsp3) is 0.130. The molecule has 4 aromatic rings. The number of benzene rings is 3. The number of methoxy groups -OCH3 is 1. The largest absolute Gasteiger partial charge is 0.496 e. The summed E-state index contributed by atoms with van der Waals surface area (Å²) in [6, 6.07) is 19.2. The van der Waals surface area contributed by atoms with Crippen LogP contribution in [0, 0.1) is 0 Å². The first kappa shape index (κ1) is 18.3. The minimum absolute atomic E-state index is 0.100. The number of carbonyl (C=O) groups is 1. The minimum atomic E-state index is -0.100. The van der Waals surface area contributed by atoms with E-state index in [2.05, 4.69) is 4.98 Å². The predicted molar refractivity (Wildman–Crippen MR) is 113 cm³/mol. The average Bonchev–Trinajstić information content (AvgIpc) is 2.73. The van der Waals surface area contributed by atoms with E-state index in [1.54, 1.807) is 31.3 Å². The number of hydrogen-bond acceptors (Lipinski definition) is 3. The van der Waals surface area contributed by atoms with Gasteiger partial charge in [0, 0.05) is 35.8 Å². The highest BCUT2D eigenvalue weighted by molar-refractivity contribution is 6.30. The van der Waals surface area contributed by atoms with Crippen molar-refractivity contribution in [1.82, 2.24) is 9.88 Å². The van der Waals surface area contributed by atoms with Crippen molar-refractivity contribution in [2.75, 3.05) is 14.2 Å². The molecule has 3 aromatic carbocycles. The van der Waals surface area contributed by atoms with Gasteiger partial charge < -0.3 is 9.64 Å². The summed E-state index contributed by atoms with van der Waals surface area (Å²) in [6.45, 7) is 0.379. The smallest absolute Gasteiger partial charge is 0.256 e. The molecule has 0 saturated heterocycles. The van der Waals surface area contributed by atoms with Crippen LogP contribution < -0.4 is 4.74 Å². The molecule has 0 radical (unpaired) electrons. The zero-order chi connectivity index (χ0) is 19.7. The summed E-state index contributed by atoms with van der Waals surface area (Å²) in [6.07, 6.45) is 1.72. The molecule has 0 atom stereocenters. The third kappa shape index (κ3) is 3.27. The molecule has 0 aliphatic heterocycles. The number of nitrogens with zero attached hydrogens (tertiary/aromatic N) is 2. The van der Waals surface area contributed by atoms with Crippen molar-refractivity contribution >= 4 is 39.2 Å². The second-order valence-corrected chi connectivity index (χ2v) is 7.10. The van der Waals surface area contributed by atoms with Gasteiger partial charge in [-0.15, -0.1) is 0 Å². The van der Waals surface area contributed by atoms with E-state index in [4.69, 9.17) is 16.3 Å². The molecular formula is C23H19ClN2O2. The van der Waals surface area contributed by atoms with Crippen LogP contribution in [0.4, 0.5) is 0 Å². The Hall–Kier alpha value is -3.11. The molecule has 4 nitrogen and oxygen atoms in total. The fourth-order valence-corrected chi connectivity index (χ4v) is 3.69. The van der Waals surface area contributed by atoms with Crippen molar-refractivity contribution in [2.24, 2.45) is 0 Å². The number of amides is 1. The van der Waals surface area contributed by atoms with E-state index in [-0.39, 0.29) is 5.91 Å². The van der Waals surface area contributed by atoms with E-state index >= 15 is 0 Å². The summed E-state index contributed by atoms with van der Waals surface area (Å²) in [7, 11) is 3.38. The second kappa shape index (κ2) is 7.49. The van der Waals surface area contributed by atoms with E-state index in [0.717, 1.165) is 21.7 Å². The number of ether oxygens (including phenoxy) is 1. The lowest BCUT2D eigenvalue weighted by Crippen LogP contribution is -2.26. The van der Waals surface area contributed by atoms with Gasteiger partial charge in [-0.05, 0) is 41.1 Å². The maximum atomic E-state index is 13.3. The Bertz CT molecular complexity index is 1190. The number of carbonyl (C=O) groups excluding carboxylic acids is 1. The van der Waals surface area contributed by atoms with Gasteiger partial charge in [0.2, 0.25) is 0 Å². The van der Waals surface area contributed by atoms with Gasteiger partial charge in [-0.1, -0.05) is 41.9 Å². The SMILES string of the molecule is COc1ccc(Cl)cc1CN(C)C(=O)c1cc2ccccc2c2cccnc12. The van der Waals surface area contributed by atoms with Gasteiger partial charge in [0.15, 0.2) is 0 Å². The third-order valence-electron chi connectivity index (χ3n) is 4.84. The molecular weight excluding hydrogens is 372 g/mol. The van der Waals surface area contributed by atoms with Crippen molar-refractivity contribution in [1.29, 1.82) is 0 Å². The normalized spacial score (nSPS) is 11.0. The monoisotopic (exact) mass is 390 g/mol. The lowest BCUT2D eigenvalue weighted by molar-refractivity contribution is 0.0786. The maximum Gasteiger partial charge on any atom is 0.256 e. The molecule has 1 aromatic heterocycles. The van der Waals surface area contributed by atoms with Crippen LogP contribution >= 0.6 is 11.6 Å². The Morgan fingerprint density at radius 3 is 2.68 bits per heavy atom. The number of pyridine rings is 1. The Labute approximate surface area is 168 Å². The van der Waals surface area contributed by atoms with Crippen molar-refractivity contribution in [3.63, 3.8) is 0 Å². The van der Waals surface area contributed by atoms with Crippen LogP contribution in [-0.4, -0.2) is 29.9 Å². The van der Waals surface area contributed by atoms with Crippen LogP contribution in [0.2, 0.25) is 5.02 Å². The summed E-state index contributed by atoms with van der Waals surface area (Å²) >= 11 is 6.13. The number of fused-ring (bicyclic) bond motifs is 3. The fourth-order valence-electron chi connectivity index (χ4n) is 3.50. The van der Waals surface area contributed by atoms with Crippen LogP contribution in [0.3, 0.4) is 0 Å². The summed E-state index contributed by atoms with van der Waals surface area (Å²) in [4.78, 5) is 19.5. The topological polar surface area (TPSA) is 42.4 Å². The maximum absolute atomic E-state index is 13.3. The molecule has 4 rings (SSSR count). The Kier molecular flexibility index (Phi) is 4.88. The first-order valence-electron chi connectivity index (χ1n) is 8.93. The molecule has 1 amide bonds. The predicted octanol–water partition coefficient (Wildman–Crippen LogP) is 5.32. The highest BCUT2D eigenvalue weighted by atomic mass is 35.5. The zero-order valence-electron chi connectivity index (χ0n) is 15.6. The number of halogens is 1. The molecule has 28 heavy (non-hydrogen) atoms. The van der Waals surface area contributed by atoms with Crippen LogP contribution in [0.15, 0.2) is 66.9 Å². The highest BCUT2D eigenvalue weighted by Crippen LogP contribution is 2.29. The lowest BCUT2D eigenvalue weighted by Gasteiger charge is -2.20.